The van der Waals surface area contributed by atoms with Gasteiger partial charge in [-0.1, -0.05) is 0 Å². The van der Waals surface area contributed by atoms with E-state index in [1.807, 2.05) is 6.26 Å². The third-order valence-corrected chi connectivity index (χ3v) is 11.9. The molecule has 5 rings (SSSR count). The molecule has 0 heterocycles. The highest BCUT2D eigenvalue weighted by Crippen LogP contribution is 2.54. The molecule has 0 radical (unpaired) electrons. The summed E-state index contributed by atoms with van der Waals surface area (Å²) >= 11 is 1.30. The lowest BCUT2D eigenvalue weighted by Gasteiger charge is -2.27. The maximum absolute atomic E-state index is 13.5. The van der Waals surface area contributed by atoms with Crippen molar-refractivity contribution in [1.82, 2.24) is 0 Å². The maximum Gasteiger partial charge on any atom is 0.463 e. The van der Waals surface area contributed by atoms with Crippen LogP contribution in [0.25, 0.3) is 22.3 Å². The van der Waals surface area contributed by atoms with E-state index in [9.17, 15) is 29.0 Å². The van der Waals surface area contributed by atoms with Crippen molar-refractivity contribution < 1.29 is 66.0 Å². The lowest BCUT2D eigenvalue weighted by molar-refractivity contribution is 0.100. The molecule has 0 aliphatic heterocycles. The number of thioether (sulfide) groups is 1. The highest BCUT2D eigenvalue weighted by Gasteiger charge is 2.32. The van der Waals surface area contributed by atoms with Crippen LogP contribution >= 0.6 is 29.0 Å². The molecule has 0 amide bonds. The van der Waals surface area contributed by atoms with Crippen LogP contribution in [0.5, 0.6) is 40.2 Å². The summed E-state index contributed by atoms with van der Waals surface area (Å²) in [4.78, 5) is 74.1. The van der Waals surface area contributed by atoms with E-state index in [1.165, 1.54) is 92.2 Å². The Bertz CT molecular complexity index is 2450. The third-order valence-electron chi connectivity index (χ3n) is 9.67. The molecule has 0 fully saturated rings. The van der Waals surface area contributed by atoms with E-state index in [4.69, 9.17) is 37.0 Å². The Morgan fingerprint density at radius 1 is 0.565 bits per heavy atom. The zero-order valence-electron chi connectivity index (χ0n) is 35.7. The number of ether oxygens (including phenoxy) is 4. The smallest absolute Gasteiger partial charge is 0.463 e. The summed E-state index contributed by atoms with van der Waals surface area (Å²) in [6, 6.07) is 19.1. The van der Waals surface area contributed by atoms with Crippen LogP contribution in [0.15, 0.2) is 77.7 Å². The molecule has 5 aromatic carbocycles. The zero-order valence-corrected chi connectivity index (χ0v) is 38.3. The first-order valence-corrected chi connectivity index (χ1v) is 22.2. The molecule has 5 aromatic rings. The van der Waals surface area contributed by atoms with Crippen LogP contribution in [-0.4, -0.2) is 67.6 Å². The summed E-state index contributed by atoms with van der Waals surface area (Å²) in [5, 5.41) is 0. The second-order valence-electron chi connectivity index (χ2n) is 13.5. The van der Waals surface area contributed by atoms with Crippen LogP contribution in [0.4, 0.5) is 0 Å². The van der Waals surface area contributed by atoms with Gasteiger partial charge in [-0.05, 0) is 113 Å². The maximum atomic E-state index is 13.5. The Labute approximate surface area is 366 Å². The molecule has 0 aromatic heterocycles. The Hall–Kier alpha value is -5.53. The van der Waals surface area contributed by atoms with Crippen LogP contribution in [0.1, 0.15) is 80.3 Å². The topological polar surface area (TPSA) is 183 Å². The van der Waals surface area contributed by atoms with Crippen LogP contribution in [0.2, 0.25) is 0 Å². The number of benzene rings is 5. The van der Waals surface area contributed by atoms with Crippen molar-refractivity contribution in [1.29, 1.82) is 0 Å². The Kier molecular flexibility index (Phi) is 16.1. The van der Waals surface area contributed by atoms with Crippen molar-refractivity contribution in [2.45, 2.75) is 46.1 Å². The van der Waals surface area contributed by atoms with Gasteiger partial charge in [0.15, 0.2) is 23.1 Å². The minimum absolute atomic E-state index is 0.0407. The van der Waals surface area contributed by atoms with Gasteiger partial charge in [-0.25, -0.2) is 0 Å². The van der Waals surface area contributed by atoms with Gasteiger partial charge < -0.3 is 42.3 Å². The molecule has 0 saturated heterocycles. The molecule has 326 valence electrons. The third kappa shape index (κ3) is 10.6. The SMILES string of the molecule is COc1ccc(C(C)=O)c(OP(OCc2c(OP(O)O)c(C)c(-c3cc(OC)ccc3C(C)=O)c(SC)c2-c2cc(OC)ccc2C(C)=O)Oc2cc(OC)ccc2C(C)=O)c1. The summed E-state index contributed by atoms with van der Waals surface area (Å²) in [6.07, 6.45) is 1.82. The average molecular weight is 905 g/mol. The van der Waals surface area contributed by atoms with Crippen molar-refractivity contribution in [3.05, 3.63) is 106 Å². The number of carbonyl (C=O) groups excluding carboxylic acids is 4. The molecule has 17 heteroatoms. The minimum atomic E-state index is -3.09. The lowest BCUT2D eigenvalue weighted by atomic mass is 9.85. The van der Waals surface area contributed by atoms with Gasteiger partial charge in [-0.2, -0.15) is 0 Å². The van der Waals surface area contributed by atoms with Crippen molar-refractivity contribution in [3.63, 3.8) is 0 Å². The molecule has 2 N–H and O–H groups in total. The molecule has 0 saturated carbocycles. The van der Waals surface area contributed by atoms with E-state index >= 15 is 0 Å². The summed E-state index contributed by atoms with van der Waals surface area (Å²) in [5.74, 6) is 0.340. The number of Topliss-reactive ketones (excluding diaryl/α,β-unsaturated/α-hetero) is 4. The first kappa shape index (κ1) is 47.5. The summed E-state index contributed by atoms with van der Waals surface area (Å²) in [6.45, 7) is 6.80. The number of hydrogen-bond donors (Lipinski definition) is 2. The number of methoxy groups -OCH3 is 4. The van der Waals surface area contributed by atoms with E-state index < -0.39 is 23.8 Å². The number of hydrogen-bond acceptors (Lipinski definition) is 15. The first-order valence-electron chi connectivity index (χ1n) is 18.7. The van der Waals surface area contributed by atoms with E-state index in [2.05, 4.69) is 0 Å². The first-order chi connectivity index (χ1) is 29.6. The van der Waals surface area contributed by atoms with E-state index in [1.54, 1.807) is 55.5 Å². The highest BCUT2D eigenvalue weighted by molar-refractivity contribution is 7.98. The predicted molar refractivity (Wildman–Crippen MR) is 238 cm³/mol. The molecule has 0 aliphatic carbocycles. The van der Waals surface area contributed by atoms with Gasteiger partial charge in [0.1, 0.15) is 40.2 Å². The van der Waals surface area contributed by atoms with Gasteiger partial charge in [0.2, 0.25) is 0 Å². The van der Waals surface area contributed by atoms with Crippen LogP contribution in [0, 0.1) is 6.92 Å². The lowest BCUT2D eigenvalue weighted by Crippen LogP contribution is -2.10. The van der Waals surface area contributed by atoms with Gasteiger partial charge >= 0.3 is 17.2 Å². The van der Waals surface area contributed by atoms with Crippen LogP contribution in [0.3, 0.4) is 0 Å². The molecular weight excluding hydrogens is 858 g/mol. The fourth-order valence-electron chi connectivity index (χ4n) is 6.71. The zero-order chi connectivity index (χ0) is 45.4. The van der Waals surface area contributed by atoms with Crippen molar-refractivity contribution >= 4 is 52.1 Å². The van der Waals surface area contributed by atoms with Crippen LogP contribution < -0.4 is 32.5 Å². The second kappa shape index (κ2) is 21.0. The molecule has 0 spiro atoms. The monoisotopic (exact) mass is 904 g/mol. The number of rotatable bonds is 20. The summed E-state index contributed by atoms with van der Waals surface area (Å²) < 4.78 is 47.4. The number of carbonyl (C=O) groups is 4. The van der Waals surface area contributed by atoms with E-state index in [-0.39, 0.29) is 62.6 Å². The van der Waals surface area contributed by atoms with Crippen LogP contribution in [-0.2, 0) is 11.1 Å². The standard InChI is InChI=1S/C45H46O14P2S/c1-24-42(37-19-29(52-6)11-15-33(37)25(2)46)45(62-10)43(38-20-30(53-7)12-16-34(38)26(3)47)39(44(24)59-60(50)51)23-56-61(57-40-21-31(54-8)13-17-35(40)27(4)48)58-41-22-32(55-9)14-18-36(41)28(5)49/h11-22,50-51H,23H2,1-10H3. The minimum Gasteiger partial charge on any atom is -0.497 e. The largest absolute Gasteiger partial charge is 0.497 e. The summed E-state index contributed by atoms with van der Waals surface area (Å²) in [5.41, 5.74) is 3.19. The fourth-order valence-corrected chi connectivity index (χ4v) is 9.03. The Morgan fingerprint density at radius 3 is 1.32 bits per heavy atom. The molecule has 0 unspecified atom stereocenters. The van der Waals surface area contributed by atoms with E-state index in [0.717, 1.165) is 0 Å². The normalized spacial score (nSPS) is 11.0. The second-order valence-corrected chi connectivity index (χ2v) is 16.1. The highest BCUT2D eigenvalue weighted by atomic mass is 32.2. The van der Waals surface area contributed by atoms with Gasteiger partial charge in [0.25, 0.3) is 0 Å². The van der Waals surface area contributed by atoms with Gasteiger partial charge in [-0.15, -0.1) is 11.8 Å². The molecular formula is C45H46O14P2S. The molecule has 0 aliphatic rings. The van der Waals surface area contributed by atoms with Crippen molar-refractivity contribution in [2.24, 2.45) is 0 Å². The van der Waals surface area contributed by atoms with Crippen molar-refractivity contribution in [3.8, 4) is 62.5 Å². The Morgan fingerprint density at radius 2 is 0.952 bits per heavy atom. The van der Waals surface area contributed by atoms with Gasteiger partial charge in [-0.3, -0.25) is 23.7 Å². The molecule has 14 nitrogen and oxygen atoms in total. The van der Waals surface area contributed by atoms with Gasteiger partial charge in [0, 0.05) is 50.4 Å². The van der Waals surface area contributed by atoms with Gasteiger partial charge in [0.05, 0.1) is 46.2 Å². The fraction of sp³-hybridized carbons (Fsp3) is 0.244. The molecule has 0 atom stereocenters. The number of ketones is 4. The quantitative estimate of drug-likeness (QED) is 0.0427. The average Bonchev–Trinajstić information content (AvgIpc) is 3.25. The van der Waals surface area contributed by atoms with Crippen molar-refractivity contribution in [2.75, 3.05) is 34.7 Å². The van der Waals surface area contributed by atoms with E-state index in [0.29, 0.717) is 61.3 Å². The molecule has 0 bridgehead atoms. The predicted octanol–water partition coefficient (Wildman–Crippen LogP) is 10.4. The Balaban J connectivity index is 1.88. The summed E-state index contributed by atoms with van der Waals surface area (Å²) in [7, 11) is 0.138. The molecule has 62 heavy (non-hydrogen) atoms.